The van der Waals surface area contributed by atoms with E-state index in [9.17, 15) is 9.18 Å². The van der Waals surface area contributed by atoms with Crippen molar-refractivity contribution >= 4 is 6.04 Å². The van der Waals surface area contributed by atoms with Gasteiger partial charge in [-0.15, -0.1) is 0 Å². The van der Waals surface area contributed by atoms with E-state index in [2.05, 4.69) is 0 Å². The highest BCUT2D eigenvalue weighted by Gasteiger charge is 1.96. The van der Waals surface area contributed by atoms with Gasteiger partial charge in [0, 0.05) is 5.57 Å². The Hall–Kier alpha value is -0.660. The van der Waals surface area contributed by atoms with Crippen LogP contribution in [0.1, 0.15) is 20.3 Å². The van der Waals surface area contributed by atoms with Crippen LogP contribution >= 0.6 is 0 Å². The molecular formula is C6H9FO. The maximum Gasteiger partial charge on any atom is 0.327 e. The zero-order chi connectivity index (χ0) is 6.57. The van der Waals surface area contributed by atoms with Crippen molar-refractivity contribution in [1.82, 2.24) is 0 Å². The van der Waals surface area contributed by atoms with Gasteiger partial charge in [0.05, 0.1) is 0 Å². The van der Waals surface area contributed by atoms with Crippen LogP contribution in [0.15, 0.2) is 11.6 Å². The van der Waals surface area contributed by atoms with E-state index in [-0.39, 0.29) is 5.57 Å². The maximum absolute atomic E-state index is 11.6. The Morgan fingerprint density at radius 2 is 2.25 bits per heavy atom. The smallest absolute Gasteiger partial charge is 0.256 e. The van der Waals surface area contributed by atoms with Crippen molar-refractivity contribution in [3.63, 3.8) is 0 Å². The van der Waals surface area contributed by atoms with Gasteiger partial charge >= 0.3 is 6.04 Å². The lowest BCUT2D eigenvalue weighted by molar-refractivity contribution is -0.125. The molecule has 0 heterocycles. The second kappa shape index (κ2) is 3.36. The molecule has 0 saturated carbocycles. The van der Waals surface area contributed by atoms with Gasteiger partial charge in [-0.1, -0.05) is 13.0 Å². The van der Waals surface area contributed by atoms with Gasteiger partial charge in [-0.25, -0.2) is 0 Å². The summed E-state index contributed by atoms with van der Waals surface area (Å²) in [5.41, 5.74) is 0.201. The first kappa shape index (κ1) is 7.34. The normalized spacial score (nSPS) is 11.6. The van der Waals surface area contributed by atoms with Crippen LogP contribution in [-0.2, 0) is 4.79 Å². The minimum absolute atomic E-state index is 0.201. The third kappa shape index (κ3) is 2.50. The van der Waals surface area contributed by atoms with Crippen molar-refractivity contribution < 1.29 is 9.18 Å². The number of rotatable bonds is 2. The van der Waals surface area contributed by atoms with E-state index in [1.165, 1.54) is 6.92 Å². The molecule has 0 aliphatic heterocycles. The fourth-order valence-corrected chi connectivity index (χ4v) is 0.386. The van der Waals surface area contributed by atoms with E-state index in [0.717, 1.165) is 0 Å². The van der Waals surface area contributed by atoms with Gasteiger partial charge in [0.25, 0.3) is 0 Å². The Balaban J connectivity index is 3.80. The molecule has 0 bridgehead atoms. The second-order valence-electron chi connectivity index (χ2n) is 1.57. The average molecular weight is 116 g/mol. The highest BCUT2D eigenvalue weighted by atomic mass is 19.1. The molecule has 0 aliphatic carbocycles. The minimum atomic E-state index is -1.33. The molecule has 0 rings (SSSR count). The first-order chi connectivity index (χ1) is 3.68. The SMILES string of the molecule is CCC=C(C)C(=O)F. The van der Waals surface area contributed by atoms with Crippen molar-refractivity contribution in [3.05, 3.63) is 11.6 Å². The molecule has 0 spiro atoms. The quantitative estimate of drug-likeness (QED) is 0.397. The molecule has 0 fully saturated rings. The third-order valence-corrected chi connectivity index (χ3v) is 0.820. The summed E-state index contributed by atoms with van der Waals surface area (Å²) < 4.78 is 11.6. The zero-order valence-corrected chi connectivity index (χ0v) is 5.07. The van der Waals surface area contributed by atoms with Gasteiger partial charge in [0.15, 0.2) is 0 Å². The summed E-state index contributed by atoms with van der Waals surface area (Å²) in [5, 5.41) is 0. The van der Waals surface area contributed by atoms with E-state index in [1.807, 2.05) is 6.92 Å². The summed E-state index contributed by atoms with van der Waals surface area (Å²) >= 11 is 0. The number of halogens is 1. The fourth-order valence-electron chi connectivity index (χ4n) is 0.386. The van der Waals surface area contributed by atoms with Crippen molar-refractivity contribution in [1.29, 1.82) is 0 Å². The average Bonchev–Trinajstić information content (AvgIpc) is 1.67. The lowest BCUT2D eigenvalue weighted by Gasteiger charge is -1.84. The van der Waals surface area contributed by atoms with Crippen LogP contribution in [0.5, 0.6) is 0 Å². The van der Waals surface area contributed by atoms with E-state index >= 15 is 0 Å². The second-order valence-corrected chi connectivity index (χ2v) is 1.57. The van der Waals surface area contributed by atoms with Gasteiger partial charge < -0.3 is 0 Å². The van der Waals surface area contributed by atoms with E-state index < -0.39 is 6.04 Å². The zero-order valence-electron chi connectivity index (χ0n) is 5.07. The van der Waals surface area contributed by atoms with Crippen LogP contribution < -0.4 is 0 Å². The largest absolute Gasteiger partial charge is 0.327 e. The van der Waals surface area contributed by atoms with Crippen molar-refractivity contribution in [2.45, 2.75) is 20.3 Å². The summed E-state index contributed by atoms with van der Waals surface area (Å²) in [6.07, 6.45) is 2.27. The number of carbonyl (C=O) groups excluding carboxylic acids is 1. The molecule has 0 aromatic carbocycles. The number of hydrogen-bond acceptors (Lipinski definition) is 1. The molecule has 0 aromatic heterocycles. The van der Waals surface area contributed by atoms with E-state index in [0.29, 0.717) is 6.42 Å². The van der Waals surface area contributed by atoms with Gasteiger partial charge in [-0.05, 0) is 13.3 Å². The molecular weight excluding hydrogens is 107 g/mol. The predicted octanol–water partition coefficient (Wildman–Crippen LogP) is 1.84. The molecule has 0 aromatic rings. The Morgan fingerprint density at radius 3 is 2.38 bits per heavy atom. The van der Waals surface area contributed by atoms with Crippen molar-refractivity contribution in [2.24, 2.45) is 0 Å². The number of allylic oxidation sites excluding steroid dienone is 2. The molecule has 0 amide bonds. The summed E-state index contributed by atoms with van der Waals surface area (Å²) in [6.45, 7) is 3.32. The van der Waals surface area contributed by atoms with Crippen LogP contribution in [0, 0.1) is 0 Å². The minimum Gasteiger partial charge on any atom is -0.256 e. The molecule has 0 radical (unpaired) electrons. The van der Waals surface area contributed by atoms with Gasteiger partial charge in [0.2, 0.25) is 0 Å². The predicted molar refractivity (Wildman–Crippen MR) is 30.2 cm³/mol. The molecule has 46 valence electrons. The summed E-state index contributed by atoms with van der Waals surface area (Å²) in [7, 11) is 0. The fraction of sp³-hybridized carbons (Fsp3) is 0.500. The molecule has 8 heavy (non-hydrogen) atoms. The van der Waals surface area contributed by atoms with Gasteiger partial charge in [-0.2, -0.15) is 4.39 Å². The Bertz CT molecular complexity index is 116. The Morgan fingerprint density at radius 1 is 1.75 bits per heavy atom. The molecule has 2 heteroatoms. The van der Waals surface area contributed by atoms with Crippen LogP contribution in [0.2, 0.25) is 0 Å². The molecule has 1 nitrogen and oxygen atoms in total. The maximum atomic E-state index is 11.6. The van der Waals surface area contributed by atoms with Crippen LogP contribution in [0.4, 0.5) is 4.39 Å². The van der Waals surface area contributed by atoms with Crippen molar-refractivity contribution in [3.8, 4) is 0 Å². The molecule has 0 N–H and O–H groups in total. The van der Waals surface area contributed by atoms with Crippen LogP contribution in [-0.4, -0.2) is 6.04 Å². The Labute approximate surface area is 48.2 Å². The number of carbonyl (C=O) groups is 1. The number of hydrogen-bond donors (Lipinski definition) is 0. The topological polar surface area (TPSA) is 17.1 Å². The van der Waals surface area contributed by atoms with E-state index in [4.69, 9.17) is 0 Å². The molecule has 0 saturated heterocycles. The first-order valence-corrected chi connectivity index (χ1v) is 2.55. The highest BCUT2D eigenvalue weighted by molar-refractivity contribution is 5.86. The summed E-state index contributed by atoms with van der Waals surface area (Å²) in [4.78, 5) is 9.80. The molecule has 0 atom stereocenters. The van der Waals surface area contributed by atoms with Gasteiger partial charge in [-0.3, -0.25) is 4.79 Å². The van der Waals surface area contributed by atoms with Crippen molar-refractivity contribution in [2.75, 3.05) is 0 Å². The van der Waals surface area contributed by atoms with Gasteiger partial charge in [0.1, 0.15) is 0 Å². The van der Waals surface area contributed by atoms with Crippen LogP contribution in [0.25, 0.3) is 0 Å². The highest BCUT2D eigenvalue weighted by Crippen LogP contribution is 1.96. The monoisotopic (exact) mass is 116 g/mol. The third-order valence-electron chi connectivity index (χ3n) is 0.820. The molecule has 0 aliphatic rings. The summed E-state index contributed by atoms with van der Waals surface area (Å²) in [6, 6.07) is -1.33. The first-order valence-electron chi connectivity index (χ1n) is 2.55. The Kier molecular flexibility index (Phi) is 3.08. The summed E-state index contributed by atoms with van der Waals surface area (Å²) in [5.74, 6) is 0. The lowest BCUT2D eigenvalue weighted by atomic mass is 10.3. The lowest BCUT2D eigenvalue weighted by Crippen LogP contribution is -1.87. The van der Waals surface area contributed by atoms with Crippen LogP contribution in [0.3, 0.4) is 0 Å². The van der Waals surface area contributed by atoms with E-state index in [1.54, 1.807) is 6.08 Å². The standard InChI is InChI=1S/C6H9FO/c1-3-4-5(2)6(7)8/h4H,3H2,1-2H3. The molecule has 0 unspecified atom stereocenters.